The molecule has 1 heterocycles. The third-order valence-electron chi connectivity index (χ3n) is 4.75. The number of hydrogen-bond donors (Lipinski definition) is 0. The standard InChI is InChI=1S/C24H17N3S/c1-3-8-19(9-4-1)27(20-10-5-2-6-11-20)21-16-14-18(15-17-21)22-12-7-13-23-24(22)26-28-25-23/h1-17H. The summed E-state index contributed by atoms with van der Waals surface area (Å²) in [7, 11) is 0. The second-order valence-electron chi connectivity index (χ2n) is 6.49. The number of fused-ring (bicyclic) bond motifs is 1. The van der Waals surface area contributed by atoms with Crippen molar-refractivity contribution < 1.29 is 0 Å². The first-order chi connectivity index (χ1) is 13.9. The lowest BCUT2D eigenvalue weighted by atomic mass is 10.0. The lowest BCUT2D eigenvalue weighted by molar-refractivity contribution is 1.28. The molecule has 28 heavy (non-hydrogen) atoms. The van der Waals surface area contributed by atoms with E-state index in [1.165, 1.54) is 11.7 Å². The fourth-order valence-electron chi connectivity index (χ4n) is 3.43. The van der Waals surface area contributed by atoms with Crippen molar-refractivity contribution in [1.29, 1.82) is 0 Å². The van der Waals surface area contributed by atoms with Gasteiger partial charge in [-0.2, -0.15) is 8.75 Å². The second-order valence-corrected chi connectivity index (χ2v) is 7.02. The molecule has 0 spiro atoms. The Morgan fingerprint density at radius 1 is 0.536 bits per heavy atom. The number of aromatic nitrogens is 2. The highest BCUT2D eigenvalue weighted by Crippen LogP contribution is 2.36. The van der Waals surface area contributed by atoms with E-state index in [9.17, 15) is 0 Å². The molecule has 0 N–H and O–H groups in total. The maximum atomic E-state index is 4.47. The molecule has 0 fully saturated rings. The number of para-hydroxylation sites is 2. The molecule has 3 nitrogen and oxygen atoms in total. The highest BCUT2D eigenvalue weighted by Gasteiger charge is 2.13. The molecule has 5 rings (SSSR count). The molecule has 0 radical (unpaired) electrons. The van der Waals surface area contributed by atoms with Gasteiger partial charge in [-0.3, -0.25) is 0 Å². The van der Waals surface area contributed by atoms with Gasteiger partial charge in [-0.25, -0.2) is 0 Å². The van der Waals surface area contributed by atoms with Crippen LogP contribution in [0.5, 0.6) is 0 Å². The summed E-state index contributed by atoms with van der Waals surface area (Å²) in [5, 5.41) is 0. The van der Waals surface area contributed by atoms with E-state index < -0.39 is 0 Å². The average molecular weight is 379 g/mol. The Balaban J connectivity index is 1.59. The molecule has 5 aromatic rings. The van der Waals surface area contributed by atoms with Gasteiger partial charge in [0.2, 0.25) is 0 Å². The van der Waals surface area contributed by atoms with Gasteiger partial charge in [0, 0.05) is 22.6 Å². The summed E-state index contributed by atoms with van der Waals surface area (Å²) in [5.41, 5.74) is 7.54. The summed E-state index contributed by atoms with van der Waals surface area (Å²) in [5.74, 6) is 0. The summed E-state index contributed by atoms with van der Waals surface area (Å²) < 4.78 is 8.82. The number of benzene rings is 4. The molecule has 0 saturated heterocycles. The van der Waals surface area contributed by atoms with E-state index >= 15 is 0 Å². The predicted octanol–water partition coefficient (Wildman–Crippen LogP) is 6.83. The zero-order valence-electron chi connectivity index (χ0n) is 15.1. The van der Waals surface area contributed by atoms with Crippen LogP contribution >= 0.6 is 11.7 Å². The highest BCUT2D eigenvalue weighted by atomic mass is 32.1. The number of hydrogen-bond acceptors (Lipinski definition) is 4. The largest absolute Gasteiger partial charge is 0.311 e. The molecule has 0 aliphatic heterocycles. The Hall–Kier alpha value is -3.50. The van der Waals surface area contributed by atoms with Gasteiger partial charge in [-0.05, 0) is 48.0 Å². The molecule has 0 aliphatic rings. The van der Waals surface area contributed by atoms with Crippen LogP contribution in [-0.4, -0.2) is 8.75 Å². The molecule has 0 unspecified atom stereocenters. The minimum atomic E-state index is 0.946. The van der Waals surface area contributed by atoms with E-state index in [1.807, 2.05) is 24.3 Å². The Kier molecular flexibility index (Phi) is 4.31. The topological polar surface area (TPSA) is 29.0 Å². The Labute approximate surface area is 167 Å². The summed E-state index contributed by atoms with van der Waals surface area (Å²) in [6.45, 7) is 0. The minimum Gasteiger partial charge on any atom is -0.311 e. The smallest absolute Gasteiger partial charge is 0.112 e. The van der Waals surface area contributed by atoms with E-state index in [4.69, 9.17) is 0 Å². The molecular formula is C24H17N3S. The van der Waals surface area contributed by atoms with Crippen molar-refractivity contribution in [1.82, 2.24) is 8.75 Å². The van der Waals surface area contributed by atoms with Crippen LogP contribution in [0.4, 0.5) is 17.1 Å². The Bertz CT molecular complexity index is 1160. The molecule has 0 amide bonds. The van der Waals surface area contributed by atoms with Gasteiger partial charge >= 0.3 is 0 Å². The first kappa shape index (κ1) is 16.7. The van der Waals surface area contributed by atoms with Crippen LogP contribution in [0.15, 0.2) is 103 Å². The lowest BCUT2D eigenvalue weighted by Gasteiger charge is -2.25. The SMILES string of the molecule is c1ccc(N(c2ccccc2)c2ccc(-c3cccc4nsnc34)cc2)cc1. The lowest BCUT2D eigenvalue weighted by Crippen LogP contribution is -2.09. The zero-order chi connectivity index (χ0) is 18.8. The van der Waals surface area contributed by atoms with Gasteiger partial charge in [0.05, 0.1) is 11.7 Å². The maximum Gasteiger partial charge on any atom is 0.112 e. The van der Waals surface area contributed by atoms with Crippen LogP contribution in [0.3, 0.4) is 0 Å². The van der Waals surface area contributed by atoms with Crippen LogP contribution in [0.25, 0.3) is 22.2 Å². The van der Waals surface area contributed by atoms with Gasteiger partial charge < -0.3 is 4.90 Å². The third-order valence-corrected chi connectivity index (χ3v) is 5.29. The number of rotatable bonds is 4. The van der Waals surface area contributed by atoms with Gasteiger partial charge in [-0.15, -0.1) is 0 Å². The molecule has 0 aliphatic carbocycles. The first-order valence-corrected chi connectivity index (χ1v) is 9.85. The Morgan fingerprint density at radius 2 is 1.14 bits per heavy atom. The zero-order valence-corrected chi connectivity index (χ0v) is 15.9. The molecular weight excluding hydrogens is 362 g/mol. The van der Waals surface area contributed by atoms with E-state index in [2.05, 4.69) is 92.5 Å². The first-order valence-electron chi connectivity index (χ1n) is 9.12. The predicted molar refractivity (Wildman–Crippen MR) is 118 cm³/mol. The highest BCUT2D eigenvalue weighted by molar-refractivity contribution is 7.00. The fraction of sp³-hybridized carbons (Fsp3) is 0. The van der Waals surface area contributed by atoms with Crippen molar-refractivity contribution in [2.24, 2.45) is 0 Å². The molecule has 134 valence electrons. The summed E-state index contributed by atoms with van der Waals surface area (Å²) in [6, 6.07) is 35.6. The molecule has 0 atom stereocenters. The van der Waals surface area contributed by atoms with Crippen LogP contribution < -0.4 is 4.90 Å². The third kappa shape index (κ3) is 3.04. The van der Waals surface area contributed by atoms with Crippen molar-refractivity contribution in [3.05, 3.63) is 103 Å². The van der Waals surface area contributed by atoms with Crippen LogP contribution in [0.2, 0.25) is 0 Å². The van der Waals surface area contributed by atoms with Gasteiger partial charge in [-0.1, -0.05) is 60.7 Å². The van der Waals surface area contributed by atoms with Crippen LogP contribution in [0, 0.1) is 0 Å². The van der Waals surface area contributed by atoms with Crippen molar-refractivity contribution >= 4 is 39.8 Å². The number of anilines is 3. The molecule has 4 heteroatoms. The van der Waals surface area contributed by atoms with Crippen molar-refractivity contribution in [2.45, 2.75) is 0 Å². The van der Waals surface area contributed by atoms with E-state index in [-0.39, 0.29) is 0 Å². The summed E-state index contributed by atoms with van der Waals surface area (Å²) >= 11 is 1.26. The molecule has 1 aromatic heterocycles. The van der Waals surface area contributed by atoms with Crippen molar-refractivity contribution in [2.75, 3.05) is 4.90 Å². The van der Waals surface area contributed by atoms with E-state index in [1.54, 1.807) is 0 Å². The monoisotopic (exact) mass is 379 g/mol. The number of nitrogens with zero attached hydrogens (tertiary/aromatic N) is 3. The van der Waals surface area contributed by atoms with E-state index in [0.29, 0.717) is 0 Å². The van der Waals surface area contributed by atoms with Gasteiger partial charge in [0.25, 0.3) is 0 Å². The van der Waals surface area contributed by atoms with Crippen molar-refractivity contribution in [3.8, 4) is 11.1 Å². The summed E-state index contributed by atoms with van der Waals surface area (Å²) in [4.78, 5) is 2.26. The van der Waals surface area contributed by atoms with E-state index in [0.717, 1.165) is 39.2 Å². The Morgan fingerprint density at radius 3 is 1.79 bits per heavy atom. The molecule has 0 saturated carbocycles. The quantitative estimate of drug-likeness (QED) is 0.343. The van der Waals surface area contributed by atoms with Crippen molar-refractivity contribution in [3.63, 3.8) is 0 Å². The normalized spacial score (nSPS) is 10.9. The average Bonchev–Trinajstić information content (AvgIpc) is 3.25. The second kappa shape index (κ2) is 7.25. The van der Waals surface area contributed by atoms with Gasteiger partial charge in [0.15, 0.2) is 0 Å². The van der Waals surface area contributed by atoms with Gasteiger partial charge in [0.1, 0.15) is 11.0 Å². The minimum absolute atomic E-state index is 0.946. The van der Waals surface area contributed by atoms with Crippen LogP contribution in [-0.2, 0) is 0 Å². The summed E-state index contributed by atoms with van der Waals surface area (Å²) in [6.07, 6.45) is 0. The maximum absolute atomic E-state index is 4.47. The molecule has 4 aromatic carbocycles. The molecule has 0 bridgehead atoms. The fourth-order valence-corrected chi connectivity index (χ4v) is 3.98. The van der Waals surface area contributed by atoms with Crippen LogP contribution in [0.1, 0.15) is 0 Å².